The third-order valence-electron chi connectivity index (χ3n) is 3.55. The molecular formula is C17H22N2O3. The number of benzene rings is 1. The summed E-state index contributed by atoms with van der Waals surface area (Å²) in [7, 11) is 1.60. The summed E-state index contributed by atoms with van der Waals surface area (Å²) >= 11 is 0. The number of nitrogens with one attached hydrogen (secondary N) is 1. The van der Waals surface area contributed by atoms with E-state index in [1.54, 1.807) is 36.2 Å². The fourth-order valence-electron chi connectivity index (χ4n) is 2.52. The molecule has 118 valence electrons. The average Bonchev–Trinajstić information content (AvgIpc) is 2.51. The standard InChI is InChI=1S/C17H22N2O3/c1-12-10-19(11-13(2)22-12)16(20)9-6-14-4-7-15(8-5-14)17(21)18-3/h4-9,12-13H,10-11H2,1-3H3,(H,18,21)/b9-6+. The molecule has 1 aliphatic heterocycles. The van der Waals surface area contributed by atoms with E-state index in [4.69, 9.17) is 4.74 Å². The summed E-state index contributed by atoms with van der Waals surface area (Å²) in [5.74, 6) is -0.139. The first kappa shape index (κ1) is 16.2. The van der Waals surface area contributed by atoms with Crippen LogP contribution in [0.25, 0.3) is 6.08 Å². The van der Waals surface area contributed by atoms with Gasteiger partial charge in [-0.2, -0.15) is 0 Å². The van der Waals surface area contributed by atoms with E-state index in [2.05, 4.69) is 5.32 Å². The first-order valence-electron chi connectivity index (χ1n) is 7.44. The molecule has 0 aliphatic carbocycles. The normalized spacial score (nSPS) is 21.9. The summed E-state index contributed by atoms with van der Waals surface area (Å²) in [5, 5.41) is 2.57. The van der Waals surface area contributed by atoms with Crippen molar-refractivity contribution in [3.05, 3.63) is 41.5 Å². The minimum atomic E-state index is -0.122. The van der Waals surface area contributed by atoms with Gasteiger partial charge in [-0.25, -0.2) is 0 Å². The number of ether oxygens (including phenoxy) is 1. The zero-order chi connectivity index (χ0) is 16.1. The van der Waals surface area contributed by atoms with Crippen LogP contribution in [-0.2, 0) is 9.53 Å². The third kappa shape index (κ3) is 4.18. The molecular weight excluding hydrogens is 280 g/mol. The maximum Gasteiger partial charge on any atom is 0.251 e. The summed E-state index contributed by atoms with van der Waals surface area (Å²) in [6.45, 7) is 5.17. The van der Waals surface area contributed by atoms with Gasteiger partial charge in [0.1, 0.15) is 0 Å². The molecule has 1 heterocycles. The molecule has 0 aromatic heterocycles. The van der Waals surface area contributed by atoms with Crippen LogP contribution in [0, 0.1) is 0 Å². The molecule has 1 saturated heterocycles. The molecule has 1 fully saturated rings. The highest BCUT2D eigenvalue weighted by Gasteiger charge is 2.24. The summed E-state index contributed by atoms with van der Waals surface area (Å²) in [6, 6.07) is 7.11. The first-order chi connectivity index (χ1) is 10.5. The summed E-state index contributed by atoms with van der Waals surface area (Å²) in [5.41, 5.74) is 1.48. The van der Waals surface area contributed by atoms with Crippen LogP contribution < -0.4 is 5.32 Å². The third-order valence-corrected chi connectivity index (χ3v) is 3.55. The Kier molecular flexibility index (Phi) is 5.33. The Morgan fingerprint density at radius 3 is 2.32 bits per heavy atom. The predicted octanol–water partition coefficient (Wildman–Crippen LogP) is 1.70. The quantitative estimate of drug-likeness (QED) is 0.865. The van der Waals surface area contributed by atoms with Gasteiger partial charge in [0.25, 0.3) is 5.91 Å². The molecule has 5 nitrogen and oxygen atoms in total. The van der Waals surface area contributed by atoms with E-state index in [9.17, 15) is 9.59 Å². The second kappa shape index (κ2) is 7.22. The van der Waals surface area contributed by atoms with Crippen molar-refractivity contribution >= 4 is 17.9 Å². The molecule has 2 unspecified atom stereocenters. The minimum Gasteiger partial charge on any atom is -0.372 e. The monoisotopic (exact) mass is 302 g/mol. The van der Waals surface area contributed by atoms with Crippen LogP contribution in [0.15, 0.2) is 30.3 Å². The van der Waals surface area contributed by atoms with E-state index >= 15 is 0 Å². The van der Waals surface area contributed by atoms with Gasteiger partial charge >= 0.3 is 0 Å². The average molecular weight is 302 g/mol. The Hall–Kier alpha value is -2.14. The van der Waals surface area contributed by atoms with Crippen molar-refractivity contribution in [2.75, 3.05) is 20.1 Å². The second-order valence-electron chi connectivity index (χ2n) is 5.54. The largest absolute Gasteiger partial charge is 0.372 e. The van der Waals surface area contributed by atoms with Crippen molar-refractivity contribution in [3.63, 3.8) is 0 Å². The van der Waals surface area contributed by atoms with Gasteiger partial charge in [-0.05, 0) is 37.6 Å². The minimum absolute atomic E-state index is 0.0163. The lowest BCUT2D eigenvalue weighted by Crippen LogP contribution is -2.47. The van der Waals surface area contributed by atoms with Crippen LogP contribution in [0.1, 0.15) is 29.8 Å². The maximum absolute atomic E-state index is 12.2. The lowest BCUT2D eigenvalue weighted by atomic mass is 10.1. The van der Waals surface area contributed by atoms with E-state index in [-0.39, 0.29) is 24.0 Å². The molecule has 0 radical (unpaired) electrons. The van der Waals surface area contributed by atoms with Crippen molar-refractivity contribution in [2.24, 2.45) is 0 Å². The Morgan fingerprint density at radius 1 is 1.18 bits per heavy atom. The van der Waals surface area contributed by atoms with E-state index in [1.807, 2.05) is 26.0 Å². The highest BCUT2D eigenvalue weighted by molar-refractivity contribution is 5.94. The van der Waals surface area contributed by atoms with Crippen LogP contribution in [-0.4, -0.2) is 49.1 Å². The van der Waals surface area contributed by atoms with E-state index in [1.165, 1.54) is 0 Å². The lowest BCUT2D eigenvalue weighted by molar-refractivity contribution is -0.137. The van der Waals surface area contributed by atoms with Gasteiger partial charge in [0.2, 0.25) is 5.91 Å². The molecule has 5 heteroatoms. The van der Waals surface area contributed by atoms with Crippen molar-refractivity contribution in [1.29, 1.82) is 0 Å². The molecule has 2 amide bonds. The topological polar surface area (TPSA) is 58.6 Å². The van der Waals surface area contributed by atoms with Crippen molar-refractivity contribution < 1.29 is 14.3 Å². The molecule has 0 saturated carbocycles. The highest BCUT2D eigenvalue weighted by Crippen LogP contribution is 2.12. The number of hydrogen-bond acceptors (Lipinski definition) is 3. The van der Waals surface area contributed by atoms with Crippen LogP contribution in [0.2, 0.25) is 0 Å². The van der Waals surface area contributed by atoms with Crippen LogP contribution >= 0.6 is 0 Å². The smallest absolute Gasteiger partial charge is 0.251 e. The van der Waals surface area contributed by atoms with Gasteiger partial charge in [-0.1, -0.05) is 12.1 Å². The first-order valence-corrected chi connectivity index (χ1v) is 7.44. The zero-order valence-electron chi connectivity index (χ0n) is 13.2. The fourth-order valence-corrected chi connectivity index (χ4v) is 2.52. The summed E-state index contributed by atoms with van der Waals surface area (Å²) < 4.78 is 5.62. The number of carbonyl (C=O) groups is 2. The molecule has 2 rings (SSSR count). The number of carbonyl (C=O) groups excluding carboxylic acids is 2. The molecule has 1 aromatic rings. The lowest BCUT2D eigenvalue weighted by Gasteiger charge is -2.34. The van der Waals surface area contributed by atoms with E-state index in [0.717, 1.165) is 5.56 Å². The Morgan fingerprint density at radius 2 is 1.77 bits per heavy atom. The van der Waals surface area contributed by atoms with Crippen LogP contribution in [0.4, 0.5) is 0 Å². The number of morpholine rings is 1. The Labute approximate surface area is 130 Å². The Bertz CT molecular complexity index is 556. The molecule has 22 heavy (non-hydrogen) atoms. The number of rotatable bonds is 3. The van der Waals surface area contributed by atoms with Crippen molar-refractivity contribution in [1.82, 2.24) is 10.2 Å². The Balaban J connectivity index is 1.99. The van der Waals surface area contributed by atoms with Gasteiger partial charge in [0, 0.05) is 31.8 Å². The summed E-state index contributed by atoms with van der Waals surface area (Å²) in [6.07, 6.45) is 3.46. The van der Waals surface area contributed by atoms with Crippen LogP contribution in [0.3, 0.4) is 0 Å². The zero-order valence-corrected chi connectivity index (χ0v) is 13.2. The molecule has 0 spiro atoms. The maximum atomic E-state index is 12.2. The predicted molar refractivity (Wildman–Crippen MR) is 85.5 cm³/mol. The van der Waals surface area contributed by atoms with Crippen LogP contribution in [0.5, 0.6) is 0 Å². The fraction of sp³-hybridized carbons (Fsp3) is 0.412. The van der Waals surface area contributed by atoms with Gasteiger partial charge in [0.15, 0.2) is 0 Å². The van der Waals surface area contributed by atoms with Gasteiger partial charge < -0.3 is 15.0 Å². The van der Waals surface area contributed by atoms with E-state index in [0.29, 0.717) is 18.7 Å². The molecule has 1 aromatic carbocycles. The number of nitrogens with zero attached hydrogens (tertiary/aromatic N) is 1. The summed E-state index contributed by atoms with van der Waals surface area (Å²) in [4.78, 5) is 25.5. The van der Waals surface area contributed by atoms with Crippen molar-refractivity contribution in [3.8, 4) is 0 Å². The number of amides is 2. The van der Waals surface area contributed by atoms with Gasteiger partial charge in [-0.15, -0.1) is 0 Å². The SMILES string of the molecule is CNC(=O)c1ccc(/C=C/C(=O)N2CC(C)OC(C)C2)cc1. The number of hydrogen-bond donors (Lipinski definition) is 1. The molecule has 0 bridgehead atoms. The molecule has 2 atom stereocenters. The molecule has 1 aliphatic rings. The van der Waals surface area contributed by atoms with E-state index < -0.39 is 0 Å². The second-order valence-corrected chi connectivity index (χ2v) is 5.54. The van der Waals surface area contributed by atoms with Gasteiger partial charge in [-0.3, -0.25) is 9.59 Å². The van der Waals surface area contributed by atoms with Gasteiger partial charge in [0.05, 0.1) is 12.2 Å². The molecule has 1 N–H and O–H groups in total. The van der Waals surface area contributed by atoms with Crippen molar-refractivity contribution in [2.45, 2.75) is 26.1 Å². The highest BCUT2D eigenvalue weighted by atomic mass is 16.5.